The van der Waals surface area contributed by atoms with Crippen LogP contribution in [0.2, 0.25) is 0 Å². The molecule has 1 heterocycles. The van der Waals surface area contributed by atoms with Crippen LogP contribution in [0.4, 0.5) is 0 Å². The van der Waals surface area contributed by atoms with Crippen LogP contribution >= 0.6 is 27.7 Å². The predicted molar refractivity (Wildman–Crippen MR) is 68.0 cm³/mol. The third-order valence-corrected chi connectivity index (χ3v) is 3.59. The molecule has 0 spiro atoms. The van der Waals surface area contributed by atoms with Gasteiger partial charge in [0.05, 0.1) is 17.1 Å². The average Bonchev–Trinajstić information content (AvgIpc) is 2.81. The molecule has 0 aliphatic rings. The highest BCUT2D eigenvalue weighted by atomic mass is 79.9. The third kappa shape index (κ3) is 1.97. The summed E-state index contributed by atoms with van der Waals surface area (Å²) < 4.78 is 11.2. The third-order valence-electron chi connectivity index (χ3n) is 2.19. The summed E-state index contributed by atoms with van der Waals surface area (Å²) in [6, 6.07) is 5.82. The van der Waals surface area contributed by atoms with Crippen LogP contribution in [0.1, 0.15) is 0 Å². The van der Waals surface area contributed by atoms with E-state index in [4.69, 9.17) is 9.26 Å². The fraction of sp³-hybridized carbons (Fsp3) is 0.182. The summed E-state index contributed by atoms with van der Waals surface area (Å²) >= 11 is 5.11. The van der Waals surface area contributed by atoms with Gasteiger partial charge in [-0.1, -0.05) is 5.16 Å². The standard InChI is InChI=1S/C11H10BrNO2S/c1-14-11-7(12)3-4-9(16-2)10(11)8-5-6-15-13-8/h3-6H,1-2H3. The Balaban J connectivity index is 2.68. The van der Waals surface area contributed by atoms with Crippen LogP contribution in [-0.4, -0.2) is 18.5 Å². The number of ether oxygens (including phenoxy) is 1. The zero-order valence-electron chi connectivity index (χ0n) is 8.86. The second-order valence-corrected chi connectivity index (χ2v) is 4.74. The van der Waals surface area contributed by atoms with Gasteiger partial charge in [0.25, 0.3) is 0 Å². The number of hydrogen-bond donors (Lipinski definition) is 0. The maximum atomic E-state index is 5.40. The van der Waals surface area contributed by atoms with Gasteiger partial charge >= 0.3 is 0 Å². The number of aromatic nitrogens is 1. The van der Waals surface area contributed by atoms with Gasteiger partial charge in [-0.15, -0.1) is 11.8 Å². The Bertz CT molecular complexity index is 485. The summed E-state index contributed by atoms with van der Waals surface area (Å²) in [6.45, 7) is 0. The van der Waals surface area contributed by atoms with E-state index in [9.17, 15) is 0 Å². The van der Waals surface area contributed by atoms with Gasteiger partial charge in [0.15, 0.2) is 0 Å². The number of rotatable bonds is 3. The molecule has 3 nitrogen and oxygen atoms in total. The first-order valence-electron chi connectivity index (χ1n) is 4.59. The van der Waals surface area contributed by atoms with Gasteiger partial charge in [0.1, 0.15) is 17.7 Å². The minimum atomic E-state index is 0.778. The van der Waals surface area contributed by atoms with E-state index < -0.39 is 0 Å². The highest BCUT2D eigenvalue weighted by molar-refractivity contribution is 9.10. The Hall–Kier alpha value is -0.940. The van der Waals surface area contributed by atoms with E-state index in [0.717, 1.165) is 26.4 Å². The molecule has 84 valence electrons. The van der Waals surface area contributed by atoms with Crippen LogP contribution < -0.4 is 4.74 Å². The van der Waals surface area contributed by atoms with Crippen LogP contribution in [0.25, 0.3) is 11.3 Å². The summed E-state index contributed by atoms with van der Waals surface area (Å²) in [5.41, 5.74) is 1.74. The largest absolute Gasteiger partial charge is 0.495 e. The Labute approximate surface area is 106 Å². The van der Waals surface area contributed by atoms with Crippen molar-refractivity contribution in [3.8, 4) is 17.0 Å². The van der Waals surface area contributed by atoms with Gasteiger partial charge < -0.3 is 9.26 Å². The molecule has 0 aliphatic heterocycles. The summed E-state index contributed by atoms with van der Waals surface area (Å²) in [4.78, 5) is 1.11. The van der Waals surface area contributed by atoms with E-state index in [1.165, 1.54) is 0 Å². The van der Waals surface area contributed by atoms with E-state index >= 15 is 0 Å². The average molecular weight is 300 g/mol. The quantitative estimate of drug-likeness (QED) is 0.807. The molecular formula is C11H10BrNO2S. The lowest BCUT2D eigenvalue weighted by atomic mass is 10.1. The van der Waals surface area contributed by atoms with Gasteiger partial charge in [-0.3, -0.25) is 0 Å². The summed E-state index contributed by atoms with van der Waals surface area (Å²) in [5.74, 6) is 0.778. The zero-order valence-corrected chi connectivity index (χ0v) is 11.3. The van der Waals surface area contributed by atoms with E-state index in [1.54, 1.807) is 25.1 Å². The highest BCUT2D eigenvalue weighted by Crippen LogP contribution is 2.41. The molecule has 0 bridgehead atoms. The lowest BCUT2D eigenvalue weighted by molar-refractivity contribution is 0.408. The topological polar surface area (TPSA) is 35.3 Å². The molecule has 0 radical (unpaired) electrons. The maximum absolute atomic E-state index is 5.40. The lowest BCUT2D eigenvalue weighted by Gasteiger charge is -2.11. The number of thioether (sulfide) groups is 1. The van der Waals surface area contributed by atoms with Crippen molar-refractivity contribution in [3.05, 3.63) is 28.9 Å². The van der Waals surface area contributed by atoms with Gasteiger partial charge in [-0.2, -0.15) is 0 Å². The molecular weight excluding hydrogens is 290 g/mol. The van der Waals surface area contributed by atoms with Gasteiger partial charge in [0.2, 0.25) is 0 Å². The molecule has 0 amide bonds. The second kappa shape index (κ2) is 4.93. The van der Waals surface area contributed by atoms with Crippen molar-refractivity contribution in [1.29, 1.82) is 0 Å². The van der Waals surface area contributed by atoms with E-state index in [-0.39, 0.29) is 0 Å². The maximum Gasteiger partial charge on any atom is 0.143 e. The summed E-state index contributed by atoms with van der Waals surface area (Å²) in [7, 11) is 1.65. The molecule has 0 aliphatic carbocycles. The number of halogens is 1. The van der Waals surface area contributed by atoms with Crippen molar-refractivity contribution in [1.82, 2.24) is 5.16 Å². The number of methoxy groups -OCH3 is 1. The predicted octanol–water partition coefficient (Wildman–Crippen LogP) is 3.83. The second-order valence-electron chi connectivity index (χ2n) is 3.04. The first-order chi connectivity index (χ1) is 7.77. The van der Waals surface area contributed by atoms with E-state index in [1.807, 2.05) is 24.5 Å². The van der Waals surface area contributed by atoms with Gasteiger partial charge in [0, 0.05) is 11.0 Å². The molecule has 2 aromatic rings. The van der Waals surface area contributed by atoms with Crippen molar-refractivity contribution in [2.45, 2.75) is 4.90 Å². The SMILES string of the molecule is COc1c(Br)ccc(SC)c1-c1ccon1. The van der Waals surface area contributed by atoms with Crippen LogP contribution in [0, 0.1) is 0 Å². The van der Waals surface area contributed by atoms with Crippen molar-refractivity contribution >= 4 is 27.7 Å². The Morgan fingerprint density at radius 2 is 2.19 bits per heavy atom. The molecule has 0 saturated heterocycles. The first kappa shape index (κ1) is 11.5. The van der Waals surface area contributed by atoms with Crippen molar-refractivity contribution in [3.63, 3.8) is 0 Å². The molecule has 2 rings (SSSR count). The smallest absolute Gasteiger partial charge is 0.143 e. The number of benzene rings is 1. The summed E-state index contributed by atoms with van der Waals surface area (Å²) in [5, 5.41) is 3.96. The van der Waals surface area contributed by atoms with Crippen molar-refractivity contribution < 1.29 is 9.26 Å². The highest BCUT2D eigenvalue weighted by Gasteiger charge is 2.16. The molecule has 1 aromatic heterocycles. The van der Waals surface area contributed by atoms with Crippen LogP contribution in [-0.2, 0) is 0 Å². The van der Waals surface area contributed by atoms with Crippen LogP contribution in [0.15, 0.2) is 38.4 Å². The van der Waals surface area contributed by atoms with Crippen LogP contribution in [0.3, 0.4) is 0 Å². The van der Waals surface area contributed by atoms with E-state index in [2.05, 4.69) is 21.1 Å². The molecule has 0 unspecified atom stereocenters. The molecule has 16 heavy (non-hydrogen) atoms. The summed E-state index contributed by atoms with van der Waals surface area (Å²) in [6.07, 6.45) is 3.58. The van der Waals surface area contributed by atoms with Crippen molar-refractivity contribution in [2.75, 3.05) is 13.4 Å². The minimum absolute atomic E-state index is 0.778. The molecule has 1 aromatic carbocycles. The molecule has 0 saturated carbocycles. The van der Waals surface area contributed by atoms with Crippen LogP contribution in [0.5, 0.6) is 5.75 Å². The number of nitrogens with zero attached hydrogens (tertiary/aromatic N) is 1. The monoisotopic (exact) mass is 299 g/mol. The fourth-order valence-electron chi connectivity index (χ4n) is 1.49. The molecule has 0 atom stereocenters. The minimum Gasteiger partial charge on any atom is -0.495 e. The Kier molecular flexibility index (Phi) is 3.56. The molecule has 5 heteroatoms. The van der Waals surface area contributed by atoms with Gasteiger partial charge in [-0.25, -0.2) is 0 Å². The van der Waals surface area contributed by atoms with Gasteiger partial charge in [-0.05, 0) is 34.3 Å². The molecule has 0 fully saturated rings. The zero-order chi connectivity index (χ0) is 11.5. The fourth-order valence-corrected chi connectivity index (χ4v) is 2.59. The van der Waals surface area contributed by atoms with E-state index in [0.29, 0.717) is 0 Å². The first-order valence-corrected chi connectivity index (χ1v) is 6.61. The number of hydrogen-bond acceptors (Lipinski definition) is 4. The normalized spacial score (nSPS) is 10.4. The lowest BCUT2D eigenvalue weighted by Crippen LogP contribution is -1.91. The van der Waals surface area contributed by atoms with Crippen molar-refractivity contribution in [2.24, 2.45) is 0 Å². The Morgan fingerprint density at radius 1 is 1.38 bits per heavy atom. The molecule has 0 N–H and O–H groups in total. The Morgan fingerprint density at radius 3 is 2.75 bits per heavy atom.